The summed E-state index contributed by atoms with van der Waals surface area (Å²) in [6.07, 6.45) is 1.46. The zero-order valence-corrected chi connectivity index (χ0v) is 21.5. The Morgan fingerprint density at radius 2 is 1.79 bits per heavy atom. The Bertz CT molecular complexity index is 1650. The zero-order valence-electron chi connectivity index (χ0n) is 21.5. The summed E-state index contributed by atoms with van der Waals surface area (Å²) in [6.45, 7) is 5.74. The van der Waals surface area contributed by atoms with Crippen LogP contribution in [0.25, 0.3) is 33.4 Å². The number of carbonyl (C=O) groups excluding carboxylic acids is 2. The molecule has 0 radical (unpaired) electrons. The summed E-state index contributed by atoms with van der Waals surface area (Å²) in [5, 5.41) is 7.20. The van der Waals surface area contributed by atoms with E-state index in [-0.39, 0.29) is 23.9 Å². The van der Waals surface area contributed by atoms with Crippen LogP contribution in [-0.4, -0.2) is 28.9 Å². The van der Waals surface area contributed by atoms with Gasteiger partial charge in [-0.05, 0) is 66.1 Å². The summed E-state index contributed by atoms with van der Waals surface area (Å²) in [7, 11) is 1.55. The molecule has 0 fully saturated rings. The summed E-state index contributed by atoms with van der Waals surface area (Å²) >= 11 is 0. The van der Waals surface area contributed by atoms with Crippen LogP contribution in [0.3, 0.4) is 0 Å². The van der Waals surface area contributed by atoms with E-state index >= 15 is 0 Å². The fraction of sp³-hybridized carbons (Fsp3) is 0.200. The van der Waals surface area contributed by atoms with E-state index in [0.29, 0.717) is 39.2 Å². The number of ketones is 1. The van der Waals surface area contributed by atoms with Gasteiger partial charge in [-0.25, -0.2) is 4.39 Å². The SMILES string of the molecule is CNC(=O)c1c(-c2ccc(F)cc2)oc2cc(C)c(-c3cccc(C(=O)CC(C)(C)c4ncon4)c3)cc12. The van der Waals surface area contributed by atoms with Gasteiger partial charge in [0.15, 0.2) is 11.6 Å². The number of hydrogen-bond donors (Lipinski definition) is 1. The first-order chi connectivity index (χ1) is 18.2. The molecule has 2 heterocycles. The van der Waals surface area contributed by atoms with Gasteiger partial charge in [-0.1, -0.05) is 37.2 Å². The van der Waals surface area contributed by atoms with Crippen molar-refractivity contribution in [2.75, 3.05) is 7.05 Å². The maximum absolute atomic E-state index is 13.5. The maximum atomic E-state index is 13.5. The van der Waals surface area contributed by atoms with Gasteiger partial charge in [-0.15, -0.1) is 0 Å². The normalized spacial score (nSPS) is 11.6. The number of nitrogens with one attached hydrogen (secondary N) is 1. The fourth-order valence-electron chi connectivity index (χ4n) is 4.62. The van der Waals surface area contributed by atoms with E-state index in [1.165, 1.54) is 18.5 Å². The number of furan rings is 1. The van der Waals surface area contributed by atoms with Crippen LogP contribution in [0.5, 0.6) is 0 Å². The van der Waals surface area contributed by atoms with Crippen molar-refractivity contribution in [1.29, 1.82) is 0 Å². The monoisotopic (exact) mass is 511 g/mol. The molecular formula is C30H26FN3O4. The Morgan fingerprint density at radius 3 is 2.47 bits per heavy atom. The Labute approximate surface area is 218 Å². The first-order valence-corrected chi connectivity index (χ1v) is 12.1. The summed E-state index contributed by atoms with van der Waals surface area (Å²) in [6, 6.07) is 17.0. The third-order valence-corrected chi connectivity index (χ3v) is 6.66. The lowest BCUT2D eigenvalue weighted by molar-refractivity contribution is 0.0950. The highest BCUT2D eigenvalue weighted by atomic mass is 19.1. The average molecular weight is 512 g/mol. The van der Waals surface area contributed by atoms with Gasteiger partial charge in [0, 0.05) is 35.4 Å². The van der Waals surface area contributed by atoms with Gasteiger partial charge in [-0.3, -0.25) is 9.59 Å². The number of halogens is 1. The summed E-state index contributed by atoms with van der Waals surface area (Å²) in [5.41, 5.74) is 4.08. The molecule has 5 aromatic rings. The van der Waals surface area contributed by atoms with E-state index in [9.17, 15) is 14.0 Å². The van der Waals surface area contributed by atoms with Gasteiger partial charge < -0.3 is 14.3 Å². The van der Waals surface area contributed by atoms with Crippen molar-refractivity contribution in [1.82, 2.24) is 15.5 Å². The van der Waals surface area contributed by atoms with Crippen LogP contribution >= 0.6 is 0 Å². The third-order valence-electron chi connectivity index (χ3n) is 6.66. The Morgan fingerprint density at radius 1 is 1.03 bits per heavy atom. The number of fused-ring (bicyclic) bond motifs is 1. The van der Waals surface area contributed by atoms with Crippen LogP contribution in [0.2, 0.25) is 0 Å². The number of carbonyl (C=O) groups is 2. The van der Waals surface area contributed by atoms with Crippen molar-refractivity contribution in [3.8, 4) is 22.5 Å². The van der Waals surface area contributed by atoms with E-state index < -0.39 is 5.41 Å². The molecule has 0 aliphatic carbocycles. The summed E-state index contributed by atoms with van der Waals surface area (Å²) in [4.78, 5) is 30.3. The number of aryl methyl sites for hydroxylation is 1. The van der Waals surface area contributed by atoms with Crippen molar-refractivity contribution >= 4 is 22.7 Å². The van der Waals surface area contributed by atoms with E-state index in [2.05, 4.69) is 15.5 Å². The molecule has 0 atom stereocenters. The molecule has 2 aromatic heterocycles. The Balaban J connectivity index is 1.57. The number of Topliss-reactive ketones (excluding diaryl/α,β-unsaturated/α-hetero) is 1. The predicted octanol–water partition coefficient (Wildman–Crippen LogP) is 6.51. The van der Waals surface area contributed by atoms with Gasteiger partial charge in [0.2, 0.25) is 6.39 Å². The largest absolute Gasteiger partial charge is 0.455 e. The molecule has 0 saturated carbocycles. The number of benzene rings is 3. The number of amides is 1. The van der Waals surface area contributed by atoms with Crippen molar-refractivity contribution in [2.45, 2.75) is 32.6 Å². The van der Waals surface area contributed by atoms with Gasteiger partial charge in [0.1, 0.15) is 17.2 Å². The first kappa shape index (κ1) is 25.1. The summed E-state index contributed by atoms with van der Waals surface area (Å²) < 4.78 is 24.5. The molecule has 0 saturated heterocycles. The van der Waals surface area contributed by atoms with Gasteiger partial charge in [0.05, 0.1) is 5.56 Å². The lowest BCUT2D eigenvalue weighted by Crippen LogP contribution is -2.23. The molecule has 192 valence electrons. The van der Waals surface area contributed by atoms with E-state index in [1.807, 2.05) is 51.1 Å². The number of rotatable bonds is 7. The lowest BCUT2D eigenvalue weighted by Gasteiger charge is -2.19. The Kier molecular flexibility index (Phi) is 6.40. The minimum Gasteiger partial charge on any atom is -0.455 e. The molecule has 0 aliphatic heterocycles. The van der Waals surface area contributed by atoms with Crippen LogP contribution in [0.4, 0.5) is 4.39 Å². The zero-order chi connectivity index (χ0) is 27.0. The molecule has 8 heteroatoms. The molecule has 7 nitrogen and oxygen atoms in total. The molecule has 0 bridgehead atoms. The van der Waals surface area contributed by atoms with E-state index in [4.69, 9.17) is 8.94 Å². The lowest BCUT2D eigenvalue weighted by atomic mass is 9.84. The molecule has 0 aliphatic rings. The second kappa shape index (κ2) is 9.70. The van der Waals surface area contributed by atoms with Crippen LogP contribution in [0, 0.1) is 12.7 Å². The molecule has 3 aromatic carbocycles. The molecule has 1 amide bonds. The topological polar surface area (TPSA) is 98.2 Å². The highest BCUT2D eigenvalue weighted by Crippen LogP contribution is 2.38. The van der Waals surface area contributed by atoms with Crippen molar-refractivity contribution < 1.29 is 22.9 Å². The number of aromatic nitrogens is 2. The molecule has 0 spiro atoms. The predicted molar refractivity (Wildman–Crippen MR) is 141 cm³/mol. The second-order valence-corrected chi connectivity index (χ2v) is 9.87. The third kappa shape index (κ3) is 4.61. The van der Waals surface area contributed by atoms with Crippen molar-refractivity contribution in [2.24, 2.45) is 0 Å². The highest BCUT2D eigenvalue weighted by Gasteiger charge is 2.29. The van der Waals surface area contributed by atoms with E-state index in [0.717, 1.165) is 16.7 Å². The van der Waals surface area contributed by atoms with Crippen LogP contribution < -0.4 is 5.32 Å². The van der Waals surface area contributed by atoms with E-state index in [1.54, 1.807) is 25.2 Å². The number of hydrogen-bond acceptors (Lipinski definition) is 6. The summed E-state index contributed by atoms with van der Waals surface area (Å²) in [5.74, 6) is 0.101. The maximum Gasteiger partial charge on any atom is 0.255 e. The van der Waals surface area contributed by atoms with Crippen molar-refractivity contribution in [3.63, 3.8) is 0 Å². The average Bonchev–Trinajstić information content (AvgIpc) is 3.57. The number of nitrogens with zero attached hydrogens (tertiary/aromatic N) is 2. The molecule has 38 heavy (non-hydrogen) atoms. The fourth-order valence-corrected chi connectivity index (χ4v) is 4.62. The molecular weight excluding hydrogens is 485 g/mol. The smallest absolute Gasteiger partial charge is 0.255 e. The van der Waals surface area contributed by atoms with Gasteiger partial charge in [0.25, 0.3) is 5.91 Å². The van der Waals surface area contributed by atoms with Crippen LogP contribution in [0.15, 0.2) is 76.0 Å². The molecule has 1 N–H and O–H groups in total. The standard InChI is InChI=1S/C30H26FN3O4/c1-17-12-25-23(26(28(36)32-4)27(38-25)18-8-10-21(31)11-9-18)14-22(17)19-6-5-7-20(13-19)24(35)15-30(2,3)29-33-16-37-34-29/h5-14,16H,15H2,1-4H3,(H,32,36). The van der Waals surface area contributed by atoms with Crippen LogP contribution in [0.1, 0.15) is 52.4 Å². The quantitative estimate of drug-likeness (QED) is 0.250. The Hall–Kier alpha value is -4.59. The highest BCUT2D eigenvalue weighted by molar-refractivity contribution is 6.12. The molecule has 5 rings (SSSR count). The van der Waals surface area contributed by atoms with Crippen molar-refractivity contribution in [3.05, 3.63) is 95.4 Å². The van der Waals surface area contributed by atoms with Crippen LogP contribution in [-0.2, 0) is 5.41 Å². The minimum atomic E-state index is -0.592. The van der Waals surface area contributed by atoms with Gasteiger partial charge in [-0.2, -0.15) is 4.98 Å². The molecule has 0 unspecified atom stereocenters. The minimum absolute atomic E-state index is 0.0478. The first-order valence-electron chi connectivity index (χ1n) is 12.1. The second-order valence-electron chi connectivity index (χ2n) is 9.87. The van der Waals surface area contributed by atoms with Gasteiger partial charge >= 0.3 is 0 Å².